The quantitative estimate of drug-likeness (QED) is 0.431. The second-order valence-corrected chi connectivity index (χ2v) is 5.74. The Morgan fingerprint density at radius 1 is 1.25 bits per heavy atom. The first-order valence-electron chi connectivity index (χ1n) is 7.24. The molecule has 0 aliphatic rings. The third-order valence-corrected chi connectivity index (χ3v) is 2.20. The number of terminal acetylenes is 1. The average molecular weight is 352 g/mol. The van der Waals surface area contributed by atoms with Gasteiger partial charge in [-0.15, -0.1) is 19.4 Å². The zero-order chi connectivity index (χ0) is 20.0. The van der Waals surface area contributed by atoms with Gasteiger partial charge in [0, 0.05) is 6.42 Å². The maximum Gasteiger partial charge on any atom is 0.389 e. The molecule has 0 aromatic carbocycles. The number of hydrogen-bond acceptors (Lipinski definition) is 3. The van der Waals surface area contributed by atoms with Crippen LogP contribution < -0.4 is 0 Å². The smallest absolute Gasteiger partial charge is 0.389 e. The largest absolute Gasteiger partial charge is 0.481 e. The van der Waals surface area contributed by atoms with Crippen molar-refractivity contribution >= 4 is 11.9 Å². The molecule has 140 valence electrons. The highest BCUT2D eigenvalue weighted by Crippen LogP contribution is 2.25. The lowest BCUT2D eigenvalue weighted by Gasteiger charge is -2.21. The van der Waals surface area contributed by atoms with E-state index in [1.807, 2.05) is 6.92 Å². The van der Waals surface area contributed by atoms with E-state index in [2.05, 4.69) is 19.4 Å². The number of carboxylic acid groups (broad SMARTS) is 1. The minimum absolute atomic E-state index is 0.200. The van der Waals surface area contributed by atoms with E-state index in [-0.39, 0.29) is 12.8 Å². The number of rotatable bonds is 6. The van der Waals surface area contributed by atoms with Crippen LogP contribution in [0.4, 0.5) is 13.2 Å². The summed E-state index contributed by atoms with van der Waals surface area (Å²) in [7, 11) is 0. The van der Waals surface area contributed by atoms with Gasteiger partial charge in [0.2, 0.25) is 0 Å². The molecule has 0 spiro atoms. The first-order chi connectivity index (χ1) is 10.8. The Hall–Kier alpha value is -1.97. The number of carboxylic acids is 1. The normalized spacial score (nSPS) is 11.7. The van der Waals surface area contributed by atoms with E-state index in [9.17, 15) is 22.8 Å². The zero-order valence-corrected chi connectivity index (χ0v) is 14.7. The number of ether oxygens (including phenoxy) is 1. The molecule has 24 heavy (non-hydrogen) atoms. The van der Waals surface area contributed by atoms with Gasteiger partial charge in [-0.05, 0) is 40.5 Å². The number of esters is 1. The summed E-state index contributed by atoms with van der Waals surface area (Å²) in [5.41, 5.74) is -0.744. The molecule has 0 rings (SSSR count). The van der Waals surface area contributed by atoms with E-state index in [0.717, 1.165) is 0 Å². The van der Waals surface area contributed by atoms with Crippen molar-refractivity contribution in [1.82, 2.24) is 0 Å². The number of carbonyl (C=O) groups excluding carboxylic acids is 1. The molecule has 0 unspecified atom stereocenters. The topological polar surface area (TPSA) is 63.6 Å². The molecule has 7 heteroatoms. The second kappa shape index (κ2) is 13.5. The van der Waals surface area contributed by atoms with Gasteiger partial charge >= 0.3 is 18.1 Å². The van der Waals surface area contributed by atoms with Crippen LogP contribution >= 0.6 is 0 Å². The van der Waals surface area contributed by atoms with Crippen LogP contribution in [0.2, 0.25) is 0 Å². The Morgan fingerprint density at radius 2 is 1.67 bits per heavy atom. The van der Waals surface area contributed by atoms with Gasteiger partial charge in [-0.1, -0.05) is 6.08 Å². The Kier molecular flexibility index (Phi) is 15.1. The second-order valence-electron chi connectivity index (χ2n) is 5.74. The van der Waals surface area contributed by atoms with Crippen molar-refractivity contribution in [3.8, 4) is 12.8 Å². The summed E-state index contributed by atoms with van der Waals surface area (Å²) < 4.78 is 40.8. The first kappa shape index (κ1) is 26.9. The van der Waals surface area contributed by atoms with Gasteiger partial charge in [0.15, 0.2) is 0 Å². The lowest BCUT2D eigenvalue weighted by molar-refractivity contribution is -0.160. The van der Waals surface area contributed by atoms with E-state index in [4.69, 9.17) is 9.84 Å². The predicted molar refractivity (Wildman–Crippen MR) is 87.3 cm³/mol. The van der Waals surface area contributed by atoms with Crippen molar-refractivity contribution < 1.29 is 32.6 Å². The van der Waals surface area contributed by atoms with Crippen molar-refractivity contribution in [3.63, 3.8) is 0 Å². The Bertz CT molecular complexity index is 393. The maximum atomic E-state index is 12.0. The molecule has 0 amide bonds. The number of allylic oxidation sites excluding steroid dienone is 1. The number of aliphatic carboxylic acids is 1. The molecule has 0 fully saturated rings. The first-order valence-corrected chi connectivity index (χ1v) is 7.24. The fraction of sp³-hybridized carbons (Fsp3) is 0.647. The van der Waals surface area contributed by atoms with E-state index < -0.39 is 42.5 Å². The average Bonchev–Trinajstić information content (AvgIpc) is 2.37. The minimum atomic E-state index is -4.31. The summed E-state index contributed by atoms with van der Waals surface area (Å²) in [6, 6.07) is 0. The molecular weight excluding hydrogens is 325 g/mol. The summed E-state index contributed by atoms with van der Waals surface area (Å²) in [6.45, 7) is 10.1. The van der Waals surface area contributed by atoms with Crippen LogP contribution in [-0.2, 0) is 14.3 Å². The standard InChI is InChI=1S/C12H19F3O4.C3H6.C2H2/c1-11(2,3)19-9(16)7-8(10(17)18)5-4-6-12(13,14)15;1-3-2;1-2/h8H,4-7H2,1-3H3,(H,17,18);3H,1H2,2H3;1-2H/t8-;;/m1../s1. The third-order valence-electron chi connectivity index (χ3n) is 2.20. The molecule has 1 N–H and O–H groups in total. The van der Waals surface area contributed by atoms with Crippen molar-refractivity contribution in [2.45, 2.75) is 65.2 Å². The molecule has 0 bridgehead atoms. The van der Waals surface area contributed by atoms with Crippen LogP contribution in [0.25, 0.3) is 0 Å². The summed E-state index contributed by atoms with van der Waals surface area (Å²) >= 11 is 0. The molecule has 0 aliphatic heterocycles. The number of hydrogen-bond donors (Lipinski definition) is 1. The monoisotopic (exact) mass is 352 g/mol. The lowest BCUT2D eigenvalue weighted by atomic mass is 9.98. The molecule has 1 atom stereocenters. The molecule has 0 heterocycles. The van der Waals surface area contributed by atoms with Gasteiger partial charge in [0.25, 0.3) is 0 Å². The fourth-order valence-electron chi connectivity index (χ4n) is 1.45. The molecule has 4 nitrogen and oxygen atoms in total. The third kappa shape index (κ3) is 22.3. The molecule has 0 saturated heterocycles. The van der Waals surface area contributed by atoms with Gasteiger partial charge in [-0.25, -0.2) is 0 Å². The Morgan fingerprint density at radius 3 is 1.96 bits per heavy atom. The highest BCUT2D eigenvalue weighted by Gasteiger charge is 2.29. The summed E-state index contributed by atoms with van der Waals surface area (Å²) in [5.74, 6) is -3.14. The molecule has 0 saturated carbocycles. The van der Waals surface area contributed by atoms with Crippen LogP contribution in [-0.4, -0.2) is 28.8 Å². The fourth-order valence-corrected chi connectivity index (χ4v) is 1.45. The van der Waals surface area contributed by atoms with Crippen LogP contribution in [0.3, 0.4) is 0 Å². The number of alkyl halides is 3. The van der Waals surface area contributed by atoms with Crippen molar-refractivity contribution in [2.75, 3.05) is 0 Å². The molecule has 0 aromatic rings. The Labute approximate surface area is 142 Å². The van der Waals surface area contributed by atoms with Crippen molar-refractivity contribution in [3.05, 3.63) is 12.7 Å². The number of carbonyl (C=O) groups is 2. The molecule has 0 aromatic heterocycles. The highest BCUT2D eigenvalue weighted by atomic mass is 19.4. The van der Waals surface area contributed by atoms with E-state index in [1.165, 1.54) is 0 Å². The van der Waals surface area contributed by atoms with Crippen LogP contribution in [0.1, 0.15) is 53.4 Å². The lowest BCUT2D eigenvalue weighted by Crippen LogP contribution is -2.27. The predicted octanol–water partition coefficient (Wildman–Crippen LogP) is 4.59. The SMILES string of the molecule is C#C.C=CC.CC(C)(C)OC(=O)C[C@@H](CCCC(F)(F)F)C(=O)O. The molecular formula is C17H27F3O4. The molecule has 0 radical (unpaired) electrons. The maximum absolute atomic E-state index is 12.0. The van der Waals surface area contributed by atoms with Gasteiger partial charge < -0.3 is 9.84 Å². The zero-order valence-electron chi connectivity index (χ0n) is 14.7. The minimum Gasteiger partial charge on any atom is -0.481 e. The van der Waals surface area contributed by atoms with Crippen LogP contribution in [0.5, 0.6) is 0 Å². The Balaban J connectivity index is -0.000000786. The van der Waals surface area contributed by atoms with Crippen LogP contribution in [0.15, 0.2) is 12.7 Å². The number of halogens is 3. The van der Waals surface area contributed by atoms with E-state index in [1.54, 1.807) is 26.8 Å². The van der Waals surface area contributed by atoms with Crippen molar-refractivity contribution in [2.24, 2.45) is 5.92 Å². The van der Waals surface area contributed by atoms with Gasteiger partial charge in [-0.3, -0.25) is 9.59 Å². The summed E-state index contributed by atoms with van der Waals surface area (Å²) in [4.78, 5) is 22.3. The van der Waals surface area contributed by atoms with E-state index >= 15 is 0 Å². The van der Waals surface area contributed by atoms with Crippen LogP contribution in [0, 0.1) is 18.8 Å². The summed E-state index contributed by atoms with van der Waals surface area (Å²) in [5, 5.41) is 8.86. The highest BCUT2D eigenvalue weighted by molar-refractivity contribution is 5.78. The van der Waals surface area contributed by atoms with Gasteiger partial charge in [0.05, 0.1) is 12.3 Å². The van der Waals surface area contributed by atoms with Gasteiger partial charge in [0.1, 0.15) is 5.60 Å². The van der Waals surface area contributed by atoms with Crippen molar-refractivity contribution in [1.29, 1.82) is 0 Å². The van der Waals surface area contributed by atoms with Gasteiger partial charge in [-0.2, -0.15) is 13.2 Å². The summed E-state index contributed by atoms with van der Waals surface area (Å²) in [6.07, 6.45) is 3.46. The van der Waals surface area contributed by atoms with E-state index in [0.29, 0.717) is 0 Å². The molecule has 0 aliphatic carbocycles.